The van der Waals surface area contributed by atoms with E-state index in [1.54, 1.807) is 29.9 Å². The SMILES string of the molecule is C[n+]1ccn(S(=O)(=O)N2CCc3c([nH]c4ccccc34)C2c2cccc(F)c2)c1.O=S(=O)([O-])C(F)(F)F. The van der Waals surface area contributed by atoms with E-state index in [0.29, 0.717) is 18.5 Å². The van der Waals surface area contributed by atoms with E-state index < -0.39 is 37.7 Å². The fourth-order valence-electron chi connectivity index (χ4n) is 4.16. The molecule has 1 aliphatic rings. The molecule has 3 heterocycles. The summed E-state index contributed by atoms with van der Waals surface area (Å²) in [6.07, 6.45) is 5.28. The first-order valence-corrected chi connectivity index (χ1v) is 13.4. The molecule has 2 aromatic heterocycles. The van der Waals surface area contributed by atoms with Crippen LogP contribution < -0.4 is 4.57 Å². The standard InChI is InChI=1S/C21H20FN4O2S.CHF3O3S/c1-24-11-12-25(14-24)29(27,28)26-10-9-18-17-7-2-3-8-19(17)23-20(18)21(26)15-5-4-6-16(22)13-15;2-1(3,4)8(5,6)7/h2-8,11-14,21,23H,9-10H2,1H3;(H,5,6,7)/q+1;/p-1. The molecule has 37 heavy (non-hydrogen) atoms. The van der Waals surface area contributed by atoms with E-state index in [0.717, 1.165) is 22.2 Å². The highest BCUT2D eigenvalue weighted by atomic mass is 32.2. The highest BCUT2D eigenvalue weighted by Crippen LogP contribution is 2.40. The molecule has 0 fully saturated rings. The normalized spacial score (nSPS) is 16.8. The second-order valence-corrected chi connectivity index (χ2v) is 11.4. The molecule has 2 aromatic carbocycles. The zero-order valence-corrected chi connectivity index (χ0v) is 20.7. The molecule has 1 atom stereocenters. The first-order chi connectivity index (χ1) is 17.2. The van der Waals surface area contributed by atoms with E-state index in [-0.39, 0.29) is 0 Å². The number of imidazole rings is 1. The number of benzene rings is 2. The van der Waals surface area contributed by atoms with Crippen molar-refractivity contribution in [2.45, 2.75) is 18.0 Å². The minimum Gasteiger partial charge on any atom is -0.741 e. The Labute approximate surface area is 209 Å². The lowest BCUT2D eigenvalue weighted by Crippen LogP contribution is -2.43. The second kappa shape index (κ2) is 9.55. The summed E-state index contributed by atoms with van der Waals surface area (Å²) in [4.78, 5) is 3.40. The Hall–Kier alpha value is -3.27. The number of hydrogen-bond acceptors (Lipinski definition) is 5. The molecule has 9 nitrogen and oxygen atoms in total. The Kier molecular flexibility index (Phi) is 6.92. The van der Waals surface area contributed by atoms with E-state index in [2.05, 4.69) is 4.98 Å². The van der Waals surface area contributed by atoms with Crippen molar-refractivity contribution in [1.82, 2.24) is 13.3 Å². The Balaban J connectivity index is 0.000000349. The molecule has 0 amide bonds. The van der Waals surface area contributed by atoms with Gasteiger partial charge in [-0.1, -0.05) is 30.3 Å². The number of H-pyrrole nitrogens is 1. The Morgan fingerprint density at radius 3 is 2.35 bits per heavy atom. The van der Waals surface area contributed by atoms with Crippen molar-refractivity contribution < 1.29 is 43.5 Å². The highest BCUT2D eigenvalue weighted by Gasteiger charge is 2.41. The van der Waals surface area contributed by atoms with Gasteiger partial charge in [-0.3, -0.25) is 0 Å². The van der Waals surface area contributed by atoms with Crippen LogP contribution in [-0.4, -0.2) is 46.7 Å². The average molecular weight is 561 g/mol. The zero-order valence-electron chi connectivity index (χ0n) is 19.1. The van der Waals surface area contributed by atoms with Gasteiger partial charge in [-0.2, -0.15) is 25.9 Å². The molecular formula is C22H20F4N4O5S2. The summed E-state index contributed by atoms with van der Waals surface area (Å²) in [7, 11) is -8.17. The largest absolute Gasteiger partial charge is 0.741 e. The monoisotopic (exact) mass is 560 g/mol. The summed E-state index contributed by atoms with van der Waals surface area (Å²) in [6.45, 7) is 0.306. The minimum absolute atomic E-state index is 0.306. The van der Waals surface area contributed by atoms with Gasteiger partial charge in [-0.05, 0) is 35.7 Å². The van der Waals surface area contributed by atoms with Crippen LogP contribution in [0.3, 0.4) is 0 Å². The summed E-state index contributed by atoms with van der Waals surface area (Å²) in [5.74, 6) is -0.393. The number of alkyl halides is 3. The number of para-hydroxylation sites is 1. The summed E-state index contributed by atoms with van der Waals surface area (Å²) >= 11 is 0. The third-order valence-corrected chi connectivity index (χ3v) is 8.05. The summed E-state index contributed by atoms with van der Waals surface area (Å²) < 4.78 is 104. The van der Waals surface area contributed by atoms with Crippen LogP contribution in [0.15, 0.2) is 67.3 Å². The molecule has 0 aliphatic carbocycles. The molecule has 0 bridgehead atoms. The molecule has 5 rings (SSSR count). The number of aryl methyl sites for hydroxylation is 1. The van der Waals surface area contributed by atoms with Gasteiger partial charge in [0.1, 0.15) is 18.2 Å². The zero-order chi connectivity index (χ0) is 27.2. The topological polar surface area (TPSA) is 119 Å². The van der Waals surface area contributed by atoms with Crippen molar-refractivity contribution in [1.29, 1.82) is 0 Å². The molecule has 15 heteroatoms. The third kappa shape index (κ3) is 5.25. The Morgan fingerprint density at radius 2 is 1.76 bits per heavy atom. The van der Waals surface area contributed by atoms with Crippen LogP contribution in [0, 0.1) is 5.82 Å². The minimum atomic E-state index is -6.09. The highest BCUT2D eigenvalue weighted by molar-refractivity contribution is 7.87. The molecule has 4 aromatic rings. The maximum Gasteiger partial charge on any atom is 0.485 e. The molecule has 1 aliphatic heterocycles. The fourth-order valence-corrected chi connectivity index (χ4v) is 5.70. The average Bonchev–Trinajstić information content (AvgIpc) is 3.41. The number of rotatable bonds is 3. The van der Waals surface area contributed by atoms with Gasteiger partial charge in [-0.25, -0.2) is 17.4 Å². The van der Waals surface area contributed by atoms with Crippen LogP contribution in [-0.2, 0) is 33.8 Å². The first-order valence-electron chi connectivity index (χ1n) is 10.6. The lowest BCUT2D eigenvalue weighted by molar-refractivity contribution is -0.670. The molecule has 0 radical (unpaired) electrons. The Bertz CT molecular complexity index is 1660. The third-order valence-electron chi connectivity index (χ3n) is 5.75. The summed E-state index contributed by atoms with van der Waals surface area (Å²) in [5.41, 5.74) is -2.22. The van der Waals surface area contributed by atoms with Crippen LogP contribution in [0.5, 0.6) is 0 Å². The van der Waals surface area contributed by atoms with Gasteiger partial charge in [0.2, 0.25) is 0 Å². The number of halogens is 4. The van der Waals surface area contributed by atoms with Gasteiger partial charge in [0.25, 0.3) is 6.33 Å². The number of fused-ring (bicyclic) bond motifs is 3. The van der Waals surface area contributed by atoms with Crippen LogP contribution >= 0.6 is 0 Å². The lowest BCUT2D eigenvalue weighted by atomic mass is 9.94. The van der Waals surface area contributed by atoms with E-state index >= 15 is 0 Å². The van der Waals surface area contributed by atoms with Crippen molar-refractivity contribution >= 4 is 31.2 Å². The van der Waals surface area contributed by atoms with Crippen molar-refractivity contribution in [3.63, 3.8) is 0 Å². The van der Waals surface area contributed by atoms with Gasteiger partial charge in [0.05, 0.1) is 13.1 Å². The lowest BCUT2D eigenvalue weighted by Gasteiger charge is -2.33. The molecule has 0 spiro atoms. The van der Waals surface area contributed by atoms with E-state index in [4.69, 9.17) is 13.0 Å². The van der Waals surface area contributed by atoms with Gasteiger partial charge in [0.15, 0.2) is 10.1 Å². The van der Waals surface area contributed by atoms with Crippen molar-refractivity contribution in [3.05, 3.63) is 89.9 Å². The maximum absolute atomic E-state index is 14.1. The summed E-state index contributed by atoms with van der Waals surface area (Å²) in [6, 6.07) is 13.4. The van der Waals surface area contributed by atoms with Gasteiger partial charge in [-0.15, -0.1) is 3.97 Å². The number of nitrogens with one attached hydrogen (secondary N) is 1. The fraction of sp³-hybridized carbons (Fsp3) is 0.227. The predicted molar refractivity (Wildman–Crippen MR) is 123 cm³/mol. The smallest absolute Gasteiger partial charge is 0.485 e. The van der Waals surface area contributed by atoms with Crippen LogP contribution in [0.2, 0.25) is 0 Å². The molecule has 1 unspecified atom stereocenters. The first kappa shape index (κ1) is 26.8. The molecule has 0 saturated carbocycles. The summed E-state index contributed by atoms with van der Waals surface area (Å²) in [5, 5.41) is 1.08. The van der Waals surface area contributed by atoms with Gasteiger partial charge in [0, 0.05) is 23.1 Å². The molecule has 1 N–H and O–H groups in total. The van der Waals surface area contributed by atoms with Crippen molar-refractivity contribution in [2.24, 2.45) is 7.05 Å². The van der Waals surface area contributed by atoms with Gasteiger partial charge < -0.3 is 9.54 Å². The van der Waals surface area contributed by atoms with Gasteiger partial charge >= 0.3 is 15.7 Å². The van der Waals surface area contributed by atoms with Crippen LogP contribution in [0.25, 0.3) is 10.9 Å². The second-order valence-electron chi connectivity index (χ2n) is 8.20. The van der Waals surface area contributed by atoms with Crippen molar-refractivity contribution in [3.8, 4) is 0 Å². The number of aromatic amines is 1. The predicted octanol–water partition coefficient (Wildman–Crippen LogP) is 2.73. The van der Waals surface area contributed by atoms with E-state index in [1.165, 1.54) is 32.9 Å². The molecular weight excluding hydrogens is 540 g/mol. The van der Waals surface area contributed by atoms with Crippen LogP contribution in [0.1, 0.15) is 22.9 Å². The van der Waals surface area contributed by atoms with E-state index in [9.17, 15) is 26.0 Å². The van der Waals surface area contributed by atoms with Crippen LogP contribution in [0.4, 0.5) is 17.6 Å². The molecule has 198 valence electrons. The number of hydrogen-bond donors (Lipinski definition) is 1. The number of nitrogens with zero attached hydrogens (tertiary/aromatic N) is 3. The Morgan fingerprint density at radius 1 is 1.08 bits per heavy atom. The number of aromatic nitrogens is 3. The molecule has 0 saturated heterocycles. The van der Waals surface area contributed by atoms with E-state index in [1.807, 2.05) is 24.3 Å². The maximum atomic E-state index is 14.1. The quantitative estimate of drug-likeness (QED) is 0.179. The van der Waals surface area contributed by atoms with Crippen molar-refractivity contribution in [2.75, 3.05) is 6.54 Å².